The van der Waals surface area contributed by atoms with Crippen molar-refractivity contribution in [1.29, 1.82) is 0 Å². The van der Waals surface area contributed by atoms with Gasteiger partial charge in [-0.1, -0.05) is 20.8 Å². The molecule has 0 atom stereocenters. The summed E-state index contributed by atoms with van der Waals surface area (Å²) in [4.78, 5) is 8.47. The number of likely N-dealkylation sites (tertiary alicyclic amines) is 3. The van der Waals surface area contributed by atoms with Crippen molar-refractivity contribution in [3.8, 4) is 0 Å². The summed E-state index contributed by atoms with van der Waals surface area (Å²) in [6, 6.07) is 1.78. The first-order valence-electron chi connectivity index (χ1n) is 14.2. The molecule has 3 saturated heterocycles. The standard InChI is InChI=1S/C29H53N3/c1-26(2,3)23-7-13-28(14-8-23)19-30(20-28)24-9-15-29(16-10-24)21-31(22-29)25-11-17-32(18-12-25)27(4,5)6/h23-25H,7-22H2,1-6H3. The molecule has 0 bridgehead atoms. The molecule has 0 aromatic heterocycles. The van der Waals surface area contributed by atoms with Crippen LogP contribution in [0.1, 0.15) is 106 Å². The fourth-order valence-electron chi connectivity index (χ4n) is 8.36. The largest absolute Gasteiger partial charge is 0.299 e. The Morgan fingerprint density at radius 2 is 0.969 bits per heavy atom. The third-order valence-corrected chi connectivity index (χ3v) is 10.9. The topological polar surface area (TPSA) is 9.72 Å². The highest BCUT2D eigenvalue weighted by Crippen LogP contribution is 2.52. The van der Waals surface area contributed by atoms with Gasteiger partial charge < -0.3 is 0 Å². The SMILES string of the molecule is CC(C)(C)C1CCC2(CC1)CN(C1CCC3(CC1)CN(C1CCN(C(C)(C)C)CC1)C3)C2. The first kappa shape index (κ1) is 23.6. The number of nitrogens with zero attached hydrogens (tertiary/aromatic N) is 3. The second-order valence-electron chi connectivity index (χ2n) is 15.1. The van der Waals surface area contributed by atoms with Crippen molar-refractivity contribution in [2.24, 2.45) is 22.2 Å². The van der Waals surface area contributed by atoms with Gasteiger partial charge in [-0.25, -0.2) is 0 Å². The minimum absolute atomic E-state index is 0.348. The van der Waals surface area contributed by atoms with Gasteiger partial charge in [-0.2, -0.15) is 0 Å². The molecule has 0 aromatic carbocycles. The first-order chi connectivity index (χ1) is 15.0. The molecule has 3 heterocycles. The highest BCUT2D eigenvalue weighted by Gasteiger charge is 2.52. The van der Waals surface area contributed by atoms with E-state index in [4.69, 9.17) is 0 Å². The Balaban J connectivity index is 1.02. The van der Waals surface area contributed by atoms with E-state index in [2.05, 4.69) is 56.2 Å². The highest BCUT2D eigenvalue weighted by molar-refractivity contribution is 5.06. The van der Waals surface area contributed by atoms with Crippen LogP contribution in [0.3, 0.4) is 0 Å². The van der Waals surface area contributed by atoms with E-state index < -0.39 is 0 Å². The minimum atomic E-state index is 0.348. The molecule has 3 aliphatic heterocycles. The summed E-state index contributed by atoms with van der Waals surface area (Å²) >= 11 is 0. The van der Waals surface area contributed by atoms with Crippen molar-refractivity contribution < 1.29 is 0 Å². The smallest absolute Gasteiger partial charge is 0.0125 e. The van der Waals surface area contributed by atoms with Crippen molar-refractivity contribution in [2.45, 2.75) is 123 Å². The van der Waals surface area contributed by atoms with Gasteiger partial charge in [-0.05, 0) is 107 Å². The Kier molecular flexibility index (Phi) is 6.07. The lowest BCUT2D eigenvalue weighted by Gasteiger charge is -2.61. The van der Waals surface area contributed by atoms with Crippen molar-refractivity contribution in [1.82, 2.24) is 14.7 Å². The van der Waals surface area contributed by atoms with E-state index in [1.165, 1.54) is 103 Å². The summed E-state index contributed by atoms with van der Waals surface area (Å²) in [6.45, 7) is 22.8. The van der Waals surface area contributed by atoms with E-state index in [1.54, 1.807) is 0 Å². The van der Waals surface area contributed by atoms with Gasteiger partial charge in [0.1, 0.15) is 0 Å². The lowest BCUT2D eigenvalue weighted by molar-refractivity contribution is -0.112. The van der Waals surface area contributed by atoms with Crippen molar-refractivity contribution in [3.63, 3.8) is 0 Å². The summed E-state index contributed by atoms with van der Waals surface area (Å²) in [5, 5.41) is 0. The maximum atomic E-state index is 2.91. The van der Waals surface area contributed by atoms with E-state index in [-0.39, 0.29) is 0 Å². The fraction of sp³-hybridized carbons (Fsp3) is 1.00. The summed E-state index contributed by atoms with van der Waals surface area (Å²) < 4.78 is 0. The molecule has 2 spiro atoms. The second-order valence-corrected chi connectivity index (χ2v) is 15.1. The number of hydrogen-bond donors (Lipinski definition) is 0. The van der Waals surface area contributed by atoms with E-state index in [9.17, 15) is 0 Å². The zero-order chi connectivity index (χ0) is 22.8. The van der Waals surface area contributed by atoms with Crippen molar-refractivity contribution >= 4 is 0 Å². The fourth-order valence-corrected chi connectivity index (χ4v) is 8.36. The molecule has 3 nitrogen and oxygen atoms in total. The lowest BCUT2D eigenvalue weighted by Crippen LogP contribution is -2.65. The molecule has 5 fully saturated rings. The summed E-state index contributed by atoms with van der Waals surface area (Å²) in [5.74, 6) is 0.957. The van der Waals surface area contributed by atoms with Crippen LogP contribution in [0, 0.1) is 22.2 Å². The zero-order valence-corrected chi connectivity index (χ0v) is 22.4. The normalized spacial score (nSPS) is 33.4. The maximum absolute atomic E-state index is 2.91. The van der Waals surface area contributed by atoms with Gasteiger partial charge >= 0.3 is 0 Å². The third kappa shape index (κ3) is 4.57. The predicted octanol–water partition coefficient (Wildman–Crippen LogP) is 6.03. The molecule has 0 N–H and O–H groups in total. The van der Waals surface area contributed by atoms with Crippen LogP contribution in [0.5, 0.6) is 0 Å². The second kappa shape index (κ2) is 8.23. The highest BCUT2D eigenvalue weighted by atomic mass is 15.3. The summed E-state index contributed by atoms with van der Waals surface area (Å²) in [6.07, 6.45) is 14.7. The number of rotatable bonds is 2. The van der Waals surface area contributed by atoms with Crippen molar-refractivity contribution in [2.75, 3.05) is 39.3 Å². The average molecular weight is 444 g/mol. The van der Waals surface area contributed by atoms with Crippen LogP contribution in [0.2, 0.25) is 0 Å². The molecule has 5 rings (SSSR count). The van der Waals surface area contributed by atoms with E-state index in [0.717, 1.165) is 18.0 Å². The van der Waals surface area contributed by atoms with Crippen LogP contribution in [-0.4, -0.2) is 71.6 Å². The Morgan fingerprint density at radius 3 is 1.38 bits per heavy atom. The zero-order valence-electron chi connectivity index (χ0n) is 22.4. The molecule has 0 unspecified atom stereocenters. The molecule has 184 valence electrons. The molecule has 3 heteroatoms. The quantitative estimate of drug-likeness (QED) is 0.516. The van der Waals surface area contributed by atoms with Crippen molar-refractivity contribution in [3.05, 3.63) is 0 Å². The first-order valence-corrected chi connectivity index (χ1v) is 14.2. The molecule has 32 heavy (non-hydrogen) atoms. The maximum Gasteiger partial charge on any atom is 0.0125 e. The van der Waals surface area contributed by atoms with Gasteiger partial charge in [-0.15, -0.1) is 0 Å². The van der Waals surface area contributed by atoms with Gasteiger partial charge in [-0.3, -0.25) is 14.7 Å². The summed E-state index contributed by atoms with van der Waals surface area (Å²) in [7, 11) is 0. The lowest BCUT2D eigenvalue weighted by atomic mass is 9.60. The molecule has 0 radical (unpaired) electrons. The van der Waals surface area contributed by atoms with Crippen LogP contribution >= 0.6 is 0 Å². The van der Waals surface area contributed by atoms with Gasteiger partial charge in [0.05, 0.1) is 0 Å². The van der Waals surface area contributed by atoms with E-state index >= 15 is 0 Å². The van der Waals surface area contributed by atoms with Crippen LogP contribution in [0.15, 0.2) is 0 Å². The average Bonchev–Trinajstić information content (AvgIpc) is 2.69. The van der Waals surface area contributed by atoms with Crippen LogP contribution in [0.4, 0.5) is 0 Å². The monoisotopic (exact) mass is 443 g/mol. The Labute approximate surface area is 199 Å². The number of hydrogen-bond acceptors (Lipinski definition) is 3. The molecular formula is C29H53N3. The summed E-state index contributed by atoms with van der Waals surface area (Å²) in [5.41, 5.74) is 2.28. The van der Waals surface area contributed by atoms with Gasteiger partial charge in [0.2, 0.25) is 0 Å². The molecule has 5 aliphatic rings. The number of piperidine rings is 1. The Hall–Kier alpha value is -0.120. The molecule has 0 amide bonds. The van der Waals surface area contributed by atoms with Gasteiger partial charge in [0, 0.05) is 56.9 Å². The van der Waals surface area contributed by atoms with Crippen LogP contribution in [0.25, 0.3) is 0 Å². The molecule has 2 aliphatic carbocycles. The third-order valence-electron chi connectivity index (χ3n) is 10.9. The van der Waals surface area contributed by atoms with Crippen LogP contribution in [-0.2, 0) is 0 Å². The molecule has 2 saturated carbocycles. The van der Waals surface area contributed by atoms with E-state index in [1.807, 2.05) is 0 Å². The van der Waals surface area contributed by atoms with Gasteiger partial charge in [0.25, 0.3) is 0 Å². The Morgan fingerprint density at radius 1 is 0.562 bits per heavy atom. The molecular weight excluding hydrogens is 390 g/mol. The van der Waals surface area contributed by atoms with Crippen LogP contribution < -0.4 is 0 Å². The molecule has 0 aromatic rings. The minimum Gasteiger partial charge on any atom is -0.299 e. The van der Waals surface area contributed by atoms with Gasteiger partial charge in [0.15, 0.2) is 0 Å². The Bertz CT molecular complexity index is 631. The van der Waals surface area contributed by atoms with E-state index in [0.29, 0.717) is 21.8 Å². The predicted molar refractivity (Wildman–Crippen MR) is 136 cm³/mol.